The first kappa shape index (κ1) is 41.9. The molecule has 6 aromatic rings. The molecule has 2 heterocycles. The molecule has 4 aromatic carbocycles. The van der Waals surface area contributed by atoms with Crippen LogP contribution in [-0.4, -0.2) is 9.97 Å². The van der Waals surface area contributed by atoms with E-state index >= 15 is 0 Å². The molecule has 4 heteroatoms. The fourth-order valence-electron chi connectivity index (χ4n) is 6.02. The average Bonchev–Trinajstić information content (AvgIpc) is 3.16. The second kappa shape index (κ2) is 23.1. The molecule has 2 radical (unpaired) electrons. The Morgan fingerprint density at radius 1 is 0.490 bits per heavy atom. The molecule has 2 nitrogen and oxygen atoms in total. The van der Waals surface area contributed by atoms with Gasteiger partial charge in [0.05, 0.1) is 0 Å². The SMILES string of the molecule is CCCCCCc1ccc(-c2cc[c-]c(-c3ccc(C)cn3)c2)cc1.CCCCCCc1cccc(-c2cc[c-]c(-c3ccccn3)c2)c1.[Ir].[Ir]. The van der Waals surface area contributed by atoms with Crippen LogP contribution in [0.25, 0.3) is 44.8 Å². The summed E-state index contributed by atoms with van der Waals surface area (Å²) in [6.45, 7) is 6.57. The van der Waals surface area contributed by atoms with Crippen molar-refractivity contribution < 1.29 is 40.2 Å². The van der Waals surface area contributed by atoms with Gasteiger partial charge in [0, 0.05) is 52.6 Å². The Labute approximate surface area is 334 Å². The van der Waals surface area contributed by atoms with Crippen LogP contribution in [0.1, 0.15) is 81.9 Å². The largest absolute Gasteiger partial charge is 0.305 e. The van der Waals surface area contributed by atoms with E-state index in [0.29, 0.717) is 0 Å². The normalized spacial score (nSPS) is 10.3. The van der Waals surface area contributed by atoms with Gasteiger partial charge in [-0.25, -0.2) is 0 Å². The van der Waals surface area contributed by atoms with E-state index < -0.39 is 0 Å². The molecule has 0 aliphatic heterocycles. The van der Waals surface area contributed by atoms with Crippen LogP contribution in [0.5, 0.6) is 0 Å². The van der Waals surface area contributed by atoms with Gasteiger partial charge in [0.2, 0.25) is 0 Å². The van der Waals surface area contributed by atoms with Crippen LogP contribution in [0.3, 0.4) is 0 Å². The zero-order valence-corrected chi connectivity index (χ0v) is 35.0. The Kier molecular flexibility index (Phi) is 19.0. The van der Waals surface area contributed by atoms with Crippen molar-refractivity contribution in [2.24, 2.45) is 0 Å². The number of rotatable bonds is 14. The summed E-state index contributed by atoms with van der Waals surface area (Å²) >= 11 is 0. The number of hydrogen-bond donors (Lipinski definition) is 0. The first-order chi connectivity index (χ1) is 24.1. The van der Waals surface area contributed by atoms with Gasteiger partial charge in [-0.1, -0.05) is 125 Å². The second-order valence-corrected chi connectivity index (χ2v) is 12.9. The van der Waals surface area contributed by atoms with Gasteiger partial charge in [-0.3, -0.25) is 0 Å². The Morgan fingerprint density at radius 2 is 1.10 bits per heavy atom. The molecule has 2 aromatic heterocycles. The van der Waals surface area contributed by atoms with Gasteiger partial charge in [0.25, 0.3) is 0 Å². The monoisotopic (exact) mass is 1030 g/mol. The molecule has 0 spiro atoms. The van der Waals surface area contributed by atoms with E-state index in [1.807, 2.05) is 42.7 Å². The van der Waals surface area contributed by atoms with Crippen molar-refractivity contribution in [1.82, 2.24) is 9.97 Å². The first-order valence-corrected chi connectivity index (χ1v) is 18.2. The van der Waals surface area contributed by atoms with Crippen molar-refractivity contribution in [3.63, 3.8) is 0 Å². The van der Waals surface area contributed by atoms with Gasteiger partial charge in [-0.2, -0.15) is 0 Å². The van der Waals surface area contributed by atoms with Crippen molar-refractivity contribution in [3.8, 4) is 44.8 Å². The van der Waals surface area contributed by atoms with Gasteiger partial charge in [0.15, 0.2) is 0 Å². The van der Waals surface area contributed by atoms with Crippen molar-refractivity contribution >= 4 is 0 Å². The average molecular weight is 1030 g/mol. The number of aryl methyl sites for hydroxylation is 3. The Balaban J connectivity index is 0.000000265. The second-order valence-electron chi connectivity index (χ2n) is 12.9. The van der Waals surface area contributed by atoms with Crippen molar-refractivity contribution in [3.05, 3.63) is 156 Å². The molecule has 0 saturated carbocycles. The molecule has 0 amide bonds. The van der Waals surface area contributed by atoms with Crippen LogP contribution < -0.4 is 0 Å². The van der Waals surface area contributed by atoms with E-state index in [1.54, 1.807) is 0 Å². The number of benzene rings is 4. The maximum absolute atomic E-state index is 4.51. The molecule has 0 unspecified atom stereocenters. The smallest absolute Gasteiger partial charge is 0.0190 e. The third-order valence-electron chi connectivity index (χ3n) is 8.92. The number of pyridine rings is 2. The molecule has 0 saturated heterocycles. The van der Waals surface area contributed by atoms with Crippen molar-refractivity contribution in [2.75, 3.05) is 0 Å². The van der Waals surface area contributed by atoms with Crippen LogP contribution in [0.2, 0.25) is 0 Å². The van der Waals surface area contributed by atoms with E-state index in [4.69, 9.17) is 0 Å². The Hall–Kier alpha value is -3.52. The predicted molar refractivity (Wildman–Crippen MR) is 208 cm³/mol. The molecule has 6 rings (SSSR count). The topological polar surface area (TPSA) is 25.8 Å². The Bertz CT molecular complexity index is 1830. The molecular weight excluding hydrogens is 977 g/mol. The van der Waals surface area contributed by atoms with Gasteiger partial charge in [0.1, 0.15) is 0 Å². The summed E-state index contributed by atoms with van der Waals surface area (Å²) in [5.74, 6) is 0. The molecule has 0 aliphatic rings. The third kappa shape index (κ3) is 13.5. The Morgan fingerprint density at radius 3 is 1.69 bits per heavy atom. The van der Waals surface area contributed by atoms with Crippen molar-refractivity contribution in [2.45, 2.75) is 85.0 Å². The zero-order valence-electron chi connectivity index (χ0n) is 30.3. The molecular formula is C47H50Ir2N2-2. The molecule has 0 aliphatic carbocycles. The van der Waals surface area contributed by atoms with E-state index in [1.165, 1.54) is 103 Å². The summed E-state index contributed by atoms with van der Waals surface area (Å²) in [6, 6.07) is 47.2. The predicted octanol–water partition coefficient (Wildman–Crippen LogP) is 13.0. The number of hydrogen-bond acceptors (Lipinski definition) is 2. The minimum absolute atomic E-state index is 0. The van der Waals surface area contributed by atoms with Gasteiger partial charge in [-0.15, -0.1) is 70.8 Å². The van der Waals surface area contributed by atoms with E-state index in [0.717, 1.165) is 22.5 Å². The van der Waals surface area contributed by atoms with Gasteiger partial charge in [-0.05, 0) is 77.9 Å². The maximum atomic E-state index is 4.51. The van der Waals surface area contributed by atoms with E-state index in [2.05, 4.69) is 128 Å². The zero-order chi connectivity index (χ0) is 34.1. The van der Waals surface area contributed by atoms with Crippen LogP contribution >= 0.6 is 0 Å². The summed E-state index contributed by atoms with van der Waals surface area (Å²) in [5.41, 5.74) is 13.0. The van der Waals surface area contributed by atoms with Crippen LogP contribution in [0, 0.1) is 19.1 Å². The van der Waals surface area contributed by atoms with Crippen LogP contribution in [-0.2, 0) is 53.1 Å². The summed E-state index contributed by atoms with van der Waals surface area (Å²) in [6.07, 6.45) is 16.6. The first-order valence-electron chi connectivity index (χ1n) is 18.2. The standard InChI is InChI=1S/C24H26N.C23H24N.2Ir/c1-3-4-5-6-8-20-12-14-21(15-13-20)22-9-7-10-23(17-22)24-16-11-19(2)18-25-24;1-2-3-4-5-10-19-11-8-12-20(17-19)21-13-9-14-22(18-21)23-15-6-7-16-24-23;;/h7,9,11-18H,3-6,8H2,1-2H3;6-9,11-13,15-18H,2-5,10H2,1H3;;/q2*-1;;. The van der Waals surface area contributed by atoms with Crippen LogP contribution in [0.15, 0.2) is 128 Å². The van der Waals surface area contributed by atoms with Crippen molar-refractivity contribution in [1.29, 1.82) is 0 Å². The maximum Gasteiger partial charge on any atom is 0.0190 e. The molecule has 0 bridgehead atoms. The minimum atomic E-state index is 0. The number of unbranched alkanes of at least 4 members (excludes halogenated alkanes) is 6. The number of nitrogens with zero attached hydrogens (tertiary/aromatic N) is 2. The fourth-order valence-corrected chi connectivity index (χ4v) is 6.02. The minimum Gasteiger partial charge on any atom is -0.305 e. The summed E-state index contributed by atoms with van der Waals surface area (Å²) in [5, 5.41) is 0. The molecule has 0 N–H and O–H groups in total. The fraction of sp³-hybridized carbons (Fsp3) is 0.277. The van der Waals surface area contributed by atoms with E-state index in [9.17, 15) is 0 Å². The summed E-state index contributed by atoms with van der Waals surface area (Å²) < 4.78 is 0. The van der Waals surface area contributed by atoms with E-state index in [-0.39, 0.29) is 40.2 Å². The number of aromatic nitrogens is 2. The molecule has 51 heavy (non-hydrogen) atoms. The summed E-state index contributed by atoms with van der Waals surface area (Å²) in [4.78, 5) is 8.94. The van der Waals surface area contributed by atoms with Crippen LogP contribution in [0.4, 0.5) is 0 Å². The molecule has 0 atom stereocenters. The third-order valence-corrected chi connectivity index (χ3v) is 8.92. The van der Waals surface area contributed by atoms with Gasteiger partial charge < -0.3 is 9.97 Å². The quantitative estimate of drug-likeness (QED) is 0.0803. The molecule has 268 valence electrons. The molecule has 0 fully saturated rings. The van der Waals surface area contributed by atoms with Gasteiger partial charge >= 0.3 is 0 Å². The summed E-state index contributed by atoms with van der Waals surface area (Å²) in [7, 11) is 0.